The Bertz CT molecular complexity index is 826. The minimum Gasteiger partial charge on any atom is -0.331 e. The molecular formula is C20H19N3. The summed E-state index contributed by atoms with van der Waals surface area (Å²) in [7, 11) is 0. The number of benzene rings is 2. The van der Waals surface area contributed by atoms with Crippen LogP contribution in [0.2, 0.25) is 0 Å². The molecule has 3 nitrogen and oxygen atoms in total. The van der Waals surface area contributed by atoms with Crippen molar-refractivity contribution in [2.75, 3.05) is 0 Å². The maximum absolute atomic E-state index is 9.50. The molecule has 0 aliphatic carbocycles. The van der Waals surface area contributed by atoms with Crippen molar-refractivity contribution in [2.24, 2.45) is 0 Å². The van der Waals surface area contributed by atoms with Gasteiger partial charge in [-0.05, 0) is 29.2 Å². The SMILES string of the molecule is CCCc1nccn1Cc1ccc(-c2ccccc2)c(C#N)c1. The van der Waals surface area contributed by atoms with Crippen LogP contribution < -0.4 is 0 Å². The molecule has 3 aromatic rings. The molecule has 0 unspecified atom stereocenters. The van der Waals surface area contributed by atoms with E-state index in [9.17, 15) is 5.26 Å². The Balaban J connectivity index is 1.91. The monoisotopic (exact) mass is 301 g/mol. The molecule has 0 spiro atoms. The lowest BCUT2D eigenvalue weighted by Gasteiger charge is -2.10. The molecule has 0 saturated heterocycles. The Kier molecular flexibility index (Phi) is 4.54. The Morgan fingerprint density at radius 2 is 1.96 bits per heavy atom. The summed E-state index contributed by atoms with van der Waals surface area (Å²) < 4.78 is 2.15. The van der Waals surface area contributed by atoms with Crippen LogP contribution in [0.4, 0.5) is 0 Å². The second-order valence-corrected chi connectivity index (χ2v) is 5.58. The molecule has 114 valence electrons. The first-order valence-corrected chi connectivity index (χ1v) is 7.90. The third kappa shape index (κ3) is 3.32. The van der Waals surface area contributed by atoms with Gasteiger partial charge in [-0.15, -0.1) is 0 Å². The molecule has 0 radical (unpaired) electrons. The summed E-state index contributed by atoms with van der Waals surface area (Å²) in [6, 6.07) is 18.5. The van der Waals surface area contributed by atoms with Gasteiger partial charge in [0, 0.05) is 25.4 Å². The molecule has 0 bridgehead atoms. The minimum atomic E-state index is 0.714. The number of nitriles is 1. The molecule has 0 fully saturated rings. The first-order valence-electron chi connectivity index (χ1n) is 7.90. The van der Waals surface area contributed by atoms with Crippen LogP contribution in [0, 0.1) is 11.3 Å². The van der Waals surface area contributed by atoms with Crippen LogP contribution in [-0.2, 0) is 13.0 Å². The average Bonchev–Trinajstić information content (AvgIpc) is 3.03. The van der Waals surface area contributed by atoms with Crippen molar-refractivity contribution in [1.82, 2.24) is 9.55 Å². The van der Waals surface area contributed by atoms with Crippen LogP contribution in [0.5, 0.6) is 0 Å². The third-order valence-corrected chi connectivity index (χ3v) is 3.92. The number of nitrogens with zero attached hydrogens (tertiary/aromatic N) is 3. The largest absolute Gasteiger partial charge is 0.331 e. The zero-order valence-corrected chi connectivity index (χ0v) is 13.2. The Labute approximate surface area is 136 Å². The summed E-state index contributed by atoms with van der Waals surface area (Å²) in [5.74, 6) is 1.10. The van der Waals surface area contributed by atoms with Gasteiger partial charge < -0.3 is 4.57 Å². The van der Waals surface area contributed by atoms with Crippen LogP contribution >= 0.6 is 0 Å². The summed E-state index contributed by atoms with van der Waals surface area (Å²) in [6.07, 6.45) is 5.89. The minimum absolute atomic E-state index is 0.714. The van der Waals surface area contributed by atoms with Gasteiger partial charge in [-0.2, -0.15) is 5.26 Å². The molecule has 0 N–H and O–H groups in total. The normalized spacial score (nSPS) is 10.4. The van der Waals surface area contributed by atoms with Crippen molar-refractivity contribution >= 4 is 0 Å². The molecule has 0 saturated carbocycles. The van der Waals surface area contributed by atoms with Gasteiger partial charge in [-0.1, -0.05) is 49.4 Å². The van der Waals surface area contributed by atoms with Gasteiger partial charge in [-0.3, -0.25) is 0 Å². The van der Waals surface area contributed by atoms with E-state index in [4.69, 9.17) is 0 Å². The summed E-state index contributed by atoms with van der Waals surface area (Å²) in [5, 5.41) is 9.50. The van der Waals surface area contributed by atoms with Crippen LogP contribution in [0.1, 0.15) is 30.3 Å². The predicted molar refractivity (Wildman–Crippen MR) is 91.9 cm³/mol. The van der Waals surface area contributed by atoms with E-state index in [1.165, 1.54) is 0 Å². The van der Waals surface area contributed by atoms with Crippen LogP contribution in [0.15, 0.2) is 60.9 Å². The van der Waals surface area contributed by atoms with Gasteiger partial charge >= 0.3 is 0 Å². The van der Waals surface area contributed by atoms with Crippen molar-refractivity contribution in [3.63, 3.8) is 0 Å². The fourth-order valence-electron chi connectivity index (χ4n) is 2.78. The highest BCUT2D eigenvalue weighted by Crippen LogP contribution is 2.24. The highest BCUT2D eigenvalue weighted by molar-refractivity contribution is 5.70. The molecule has 2 aromatic carbocycles. The van der Waals surface area contributed by atoms with Gasteiger partial charge in [0.15, 0.2) is 0 Å². The van der Waals surface area contributed by atoms with Crippen molar-refractivity contribution in [1.29, 1.82) is 5.26 Å². The van der Waals surface area contributed by atoms with Crippen LogP contribution in [0.3, 0.4) is 0 Å². The second-order valence-electron chi connectivity index (χ2n) is 5.58. The predicted octanol–water partition coefficient (Wildman–Crippen LogP) is 4.42. The van der Waals surface area contributed by atoms with Crippen molar-refractivity contribution in [3.8, 4) is 17.2 Å². The highest BCUT2D eigenvalue weighted by Gasteiger charge is 2.08. The van der Waals surface area contributed by atoms with Gasteiger partial charge in [0.25, 0.3) is 0 Å². The standard InChI is InChI=1S/C20H19N3/c1-2-6-20-22-11-12-23(20)15-16-9-10-19(18(13-16)14-21)17-7-4-3-5-8-17/h3-5,7-13H,2,6,15H2,1H3. The van der Waals surface area contributed by atoms with E-state index in [-0.39, 0.29) is 0 Å². The lowest BCUT2D eigenvalue weighted by atomic mass is 9.98. The van der Waals surface area contributed by atoms with E-state index in [1.54, 1.807) is 0 Å². The van der Waals surface area contributed by atoms with Crippen molar-refractivity contribution in [3.05, 3.63) is 77.9 Å². The summed E-state index contributed by atoms with van der Waals surface area (Å²) >= 11 is 0. The van der Waals surface area contributed by atoms with Crippen LogP contribution in [0.25, 0.3) is 11.1 Å². The molecule has 0 aliphatic heterocycles. The number of imidazole rings is 1. The van der Waals surface area contributed by atoms with E-state index < -0.39 is 0 Å². The first-order chi connectivity index (χ1) is 11.3. The van der Waals surface area contributed by atoms with Crippen molar-refractivity contribution in [2.45, 2.75) is 26.3 Å². The fourth-order valence-corrected chi connectivity index (χ4v) is 2.78. The molecule has 3 rings (SSSR count). The van der Waals surface area contributed by atoms with E-state index in [1.807, 2.05) is 54.9 Å². The summed E-state index contributed by atoms with van der Waals surface area (Å²) in [6.45, 7) is 2.90. The fraction of sp³-hybridized carbons (Fsp3) is 0.200. The molecule has 1 heterocycles. The lowest BCUT2D eigenvalue weighted by Crippen LogP contribution is -2.04. The molecular weight excluding hydrogens is 282 g/mol. The van der Waals surface area contributed by atoms with Gasteiger partial charge in [0.1, 0.15) is 5.82 Å². The van der Waals surface area contributed by atoms with Gasteiger partial charge in [-0.25, -0.2) is 4.98 Å². The highest BCUT2D eigenvalue weighted by atomic mass is 15.1. The first kappa shape index (κ1) is 15.1. The molecule has 23 heavy (non-hydrogen) atoms. The number of hydrogen-bond acceptors (Lipinski definition) is 2. The van der Waals surface area contributed by atoms with E-state index >= 15 is 0 Å². The maximum atomic E-state index is 9.50. The number of aromatic nitrogens is 2. The molecule has 0 amide bonds. The summed E-state index contributed by atoms with van der Waals surface area (Å²) in [5.41, 5.74) is 3.89. The third-order valence-electron chi connectivity index (χ3n) is 3.92. The van der Waals surface area contributed by atoms with Gasteiger partial charge in [0.2, 0.25) is 0 Å². The second kappa shape index (κ2) is 6.93. The number of aryl methyl sites for hydroxylation is 1. The zero-order valence-electron chi connectivity index (χ0n) is 13.2. The van der Waals surface area contributed by atoms with Crippen LogP contribution in [-0.4, -0.2) is 9.55 Å². The Hall–Kier alpha value is -2.86. The summed E-state index contributed by atoms with van der Waals surface area (Å²) in [4.78, 5) is 4.41. The van der Waals surface area contributed by atoms with Gasteiger partial charge in [0.05, 0.1) is 11.6 Å². The maximum Gasteiger partial charge on any atom is 0.108 e. The lowest BCUT2D eigenvalue weighted by molar-refractivity contribution is 0.705. The zero-order chi connectivity index (χ0) is 16.1. The quantitative estimate of drug-likeness (QED) is 0.700. The molecule has 3 heteroatoms. The molecule has 1 aromatic heterocycles. The molecule has 0 atom stereocenters. The van der Waals surface area contributed by atoms with E-state index in [0.29, 0.717) is 5.56 Å². The Morgan fingerprint density at radius 3 is 2.70 bits per heavy atom. The smallest absolute Gasteiger partial charge is 0.108 e. The Morgan fingerprint density at radius 1 is 1.13 bits per heavy atom. The van der Waals surface area contributed by atoms with E-state index in [0.717, 1.165) is 41.9 Å². The van der Waals surface area contributed by atoms with Crippen molar-refractivity contribution < 1.29 is 0 Å². The number of hydrogen-bond donors (Lipinski definition) is 0. The molecule has 0 aliphatic rings. The number of rotatable bonds is 5. The van der Waals surface area contributed by atoms with E-state index in [2.05, 4.69) is 28.6 Å². The average molecular weight is 301 g/mol. The topological polar surface area (TPSA) is 41.6 Å².